The molecule has 0 aliphatic carbocycles. The third-order valence-electron chi connectivity index (χ3n) is 3.60. The molecular weight excluding hydrogens is 296 g/mol. The smallest absolute Gasteiger partial charge is 0.239 e. The van der Waals surface area contributed by atoms with Crippen molar-refractivity contribution in [3.8, 4) is 28.6 Å². The van der Waals surface area contributed by atoms with Gasteiger partial charge in [-0.05, 0) is 12.1 Å². The number of hydrogen-bond acceptors (Lipinski definition) is 5. The van der Waals surface area contributed by atoms with E-state index in [-0.39, 0.29) is 11.2 Å². The van der Waals surface area contributed by atoms with Crippen LogP contribution >= 0.6 is 0 Å². The molecule has 3 aromatic rings. The Morgan fingerprint density at radius 2 is 1.52 bits per heavy atom. The Balaban J connectivity index is 2.41. The Morgan fingerprint density at radius 1 is 0.826 bits per heavy atom. The molecular formula is C18H16O5. The molecule has 1 aromatic heterocycles. The maximum atomic E-state index is 12.9. The van der Waals surface area contributed by atoms with Crippen molar-refractivity contribution in [2.75, 3.05) is 21.3 Å². The van der Waals surface area contributed by atoms with E-state index in [2.05, 4.69) is 0 Å². The van der Waals surface area contributed by atoms with Gasteiger partial charge < -0.3 is 18.6 Å². The van der Waals surface area contributed by atoms with Gasteiger partial charge in [0.1, 0.15) is 11.0 Å². The molecule has 0 saturated carbocycles. The first-order chi connectivity index (χ1) is 11.2. The normalized spacial score (nSPS) is 10.6. The minimum Gasteiger partial charge on any atom is -0.493 e. The minimum atomic E-state index is -0.302. The number of hydrogen-bond donors (Lipinski definition) is 0. The SMILES string of the molecule is COc1ccc2oc(-c3ccccc3)c(OC)c(=O)c2c1OC. The van der Waals surface area contributed by atoms with E-state index >= 15 is 0 Å². The van der Waals surface area contributed by atoms with Crippen LogP contribution in [0.2, 0.25) is 0 Å². The predicted molar refractivity (Wildman–Crippen MR) is 87.6 cm³/mol. The summed E-state index contributed by atoms with van der Waals surface area (Å²) in [6.07, 6.45) is 0. The number of ether oxygens (including phenoxy) is 3. The van der Waals surface area contributed by atoms with Crippen LogP contribution < -0.4 is 19.6 Å². The maximum absolute atomic E-state index is 12.9. The van der Waals surface area contributed by atoms with Gasteiger partial charge in [-0.3, -0.25) is 4.79 Å². The van der Waals surface area contributed by atoms with E-state index in [0.29, 0.717) is 28.2 Å². The Bertz CT molecular complexity index is 897. The van der Waals surface area contributed by atoms with Gasteiger partial charge in [-0.15, -0.1) is 0 Å². The quantitative estimate of drug-likeness (QED) is 0.738. The highest BCUT2D eigenvalue weighted by Crippen LogP contribution is 2.38. The van der Waals surface area contributed by atoms with E-state index in [9.17, 15) is 4.79 Å². The van der Waals surface area contributed by atoms with Crippen LogP contribution in [0, 0.1) is 0 Å². The van der Waals surface area contributed by atoms with Crippen molar-refractivity contribution in [1.82, 2.24) is 0 Å². The second-order valence-electron chi connectivity index (χ2n) is 4.83. The Labute approximate surface area is 133 Å². The minimum absolute atomic E-state index is 0.134. The lowest BCUT2D eigenvalue weighted by atomic mass is 10.1. The summed E-state index contributed by atoms with van der Waals surface area (Å²) in [6, 6.07) is 12.7. The summed E-state index contributed by atoms with van der Waals surface area (Å²) < 4.78 is 21.8. The summed E-state index contributed by atoms with van der Waals surface area (Å²) in [5.41, 5.74) is 0.869. The highest BCUT2D eigenvalue weighted by molar-refractivity contribution is 5.89. The van der Waals surface area contributed by atoms with Gasteiger partial charge in [-0.1, -0.05) is 30.3 Å². The van der Waals surface area contributed by atoms with Crippen LogP contribution in [0.4, 0.5) is 0 Å². The average molecular weight is 312 g/mol. The van der Waals surface area contributed by atoms with Gasteiger partial charge in [-0.25, -0.2) is 0 Å². The zero-order valence-electron chi connectivity index (χ0n) is 13.1. The van der Waals surface area contributed by atoms with E-state index in [0.717, 1.165) is 5.56 Å². The van der Waals surface area contributed by atoms with Crippen molar-refractivity contribution < 1.29 is 18.6 Å². The molecule has 0 fully saturated rings. The molecule has 118 valence electrons. The Kier molecular flexibility index (Phi) is 3.93. The van der Waals surface area contributed by atoms with Gasteiger partial charge in [0.05, 0.1) is 21.3 Å². The Hall–Kier alpha value is -2.95. The van der Waals surface area contributed by atoms with Gasteiger partial charge in [-0.2, -0.15) is 0 Å². The monoisotopic (exact) mass is 312 g/mol. The van der Waals surface area contributed by atoms with Gasteiger partial charge >= 0.3 is 0 Å². The molecule has 3 rings (SSSR count). The van der Waals surface area contributed by atoms with Crippen LogP contribution in [0.5, 0.6) is 17.2 Å². The lowest BCUT2D eigenvalue weighted by Crippen LogP contribution is -2.09. The first-order valence-corrected chi connectivity index (χ1v) is 7.02. The van der Waals surface area contributed by atoms with E-state index in [1.165, 1.54) is 21.3 Å². The first-order valence-electron chi connectivity index (χ1n) is 7.02. The second kappa shape index (κ2) is 6.04. The second-order valence-corrected chi connectivity index (χ2v) is 4.83. The van der Waals surface area contributed by atoms with E-state index in [1.54, 1.807) is 12.1 Å². The summed E-state index contributed by atoms with van der Waals surface area (Å²) in [6.45, 7) is 0. The van der Waals surface area contributed by atoms with Crippen LogP contribution in [-0.2, 0) is 0 Å². The van der Waals surface area contributed by atoms with Crippen molar-refractivity contribution in [3.63, 3.8) is 0 Å². The molecule has 0 atom stereocenters. The fraction of sp³-hybridized carbons (Fsp3) is 0.167. The molecule has 0 N–H and O–H groups in total. The molecule has 5 heteroatoms. The summed E-state index contributed by atoms with van der Waals surface area (Å²) in [7, 11) is 4.44. The number of fused-ring (bicyclic) bond motifs is 1. The van der Waals surface area contributed by atoms with Gasteiger partial charge in [0, 0.05) is 5.56 Å². The van der Waals surface area contributed by atoms with Crippen molar-refractivity contribution >= 4 is 11.0 Å². The molecule has 0 bridgehead atoms. The molecule has 0 spiro atoms. The van der Waals surface area contributed by atoms with Crippen LogP contribution in [0.15, 0.2) is 51.7 Å². The highest BCUT2D eigenvalue weighted by atomic mass is 16.5. The molecule has 0 saturated heterocycles. The van der Waals surface area contributed by atoms with Crippen molar-refractivity contribution in [2.45, 2.75) is 0 Å². The third kappa shape index (κ3) is 2.40. The third-order valence-corrected chi connectivity index (χ3v) is 3.60. The van der Waals surface area contributed by atoms with E-state index < -0.39 is 0 Å². The molecule has 0 unspecified atom stereocenters. The van der Waals surface area contributed by atoms with Crippen LogP contribution in [0.25, 0.3) is 22.3 Å². The summed E-state index contributed by atoms with van der Waals surface area (Å²) in [4.78, 5) is 12.9. The zero-order valence-corrected chi connectivity index (χ0v) is 13.1. The maximum Gasteiger partial charge on any atom is 0.239 e. The zero-order chi connectivity index (χ0) is 16.4. The van der Waals surface area contributed by atoms with Crippen molar-refractivity contribution in [1.29, 1.82) is 0 Å². The number of methoxy groups -OCH3 is 3. The molecule has 0 aliphatic rings. The van der Waals surface area contributed by atoms with Gasteiger partial charge in [0.2, 0.25) is 11.2 Å². The summed E-state index contributed by atoms with van der Waals surface area (Å²) in [5, 5.41) is 0.295. The van der Waals surface area contributed by atoms with Crippen LogP contribution in [0.1, 0.15) is 0 Å². The molecule has 0 amide bonds. The molecule has 5 nitrogen and oxygen atoms in total. The molecule has 2 aromatic carbocycles. The molecule has 0 aliphatic heterocycles. The molecule has 1 heterocycles. The topological polar surface area (TPSA) is 57.9 Å². The summed E-state index contributed by atoms with van der Waals surface area (Å²) in [5.74, 6) is 1.31. The van der Waals surface area contributed by atoms with E-state index in [4.69, 9.17) is 18.6 Å². The standard InChI is InChI=1S/C18H16O5/c1-20-13-10-9-12-14(17(13)21-2)15(19)18(22-3)16(23-12)11-7-5-4-6-8-11/h4-10H,1-3H3. The number of benzene rings is 2. The van der Waals surface area contributed by atoms with E-state index in [1.807, 2.05) is 30.3 Å². The largest absolute Gasteiger partial charge is 0.493 e. The molecule has 23 heavy (non-hydrogen) atoms. The van der Waals surface area contributed by atoms with Crippen LogP contribution in [0.3, 0.4) is 0 Å². The predicted octanol–water partition coefficient (Wildman–Crippen LogP) is 3.49. The Morgan fingerprint density at radius 3 is 2.13 bits per heavy atom. The first kappa shape index (κ1) is 15.0. The summed E-state index contributed by atoms with van der Waals surface area (Å²) >= 11 is 0. The average Bonchev–Trinajstić information content (AvgIpc) is 2.61. The van der Waals surface area contributed by atoms with Crippen LogP contribution in [-0.4, -0.2) is 21.3 Å². The molecule has 0 radical (unpaired) electrons. The fourth-order valence-corrected chi connectivity index (χ4v) is 2.55. The lowest BCUT2D eigenvalue weighted by molar-refractivity contribution is 0.356. The fourth-order valence-electron chi connectivity index (χ4n) is 2.55. The van der Waals surface area contributed by atoms with Gasteiger partial charge in [0.15, 0.2) is 17.3 Å². The highest BCUT2D eigenvalue weighted by Gasteiger charge is 2.21. The van der Waals surface area contributed by atoms with Crippen molar-refractivity contribution in [2.24, 2.45) is 0 Å². The number of rotatable bonds is 4. The van der Waals surface area contributed by atoms with Crippen molar-refractivity contribution in [3.05, 3.63) is 52.7 Å². The lowest BCUT2D eigenvalue weighted by Gasteiger charge is -2.13. The van der Waals surface area contributed by atoms with Gasteiger partial charge in [0.25, 0.3) is 0 Å².